The SMILES string of the molecule is CC(C)CCC[C@@H](C)[C@H]1CC[C@H]2[C@@H]3CCC4=C[C@@H](OCc5ccccc5)CC[C@]4(C)[C@H]3CC[C@]12C. The maximum absolute atomic E-state index is 6.40. The van der Waals surface area contributed by atoms with Gasteiger partial charge in [0.2, 0.25) is 0 Å². The minimum absolute atomic E-state index is 0.311. The van der Waals surface area contributed by atoms with E-state index in [0.29, 0.717) is 16.9 Å². The van der Waals surface area contributed by atoms with Crippen molar-refractivity contribution in [2.75, 3.05) is 0 Å². The minimum Gasteiger partial charge on any atom is -0.369 e. The summed E-state index contributed by atoms with van der Waals surface area (Å²) in [6, 6.07) is 10.7. The van der Waals surface area contributed by atoms with Crippen molar-refractivity contribution in [3.63, 3.8) is 0 Å². The fourth-order valence-electron chi connectivity index (χ4n) is 9.63. The van der Waals surface area contributed by atoms with Gasteiger partial charge >= 0.3 is 0 Å². The van der Waals surface area contributed by atoms with Crippen molar-refractivity contribution in [1.82, 2.24) is 0 Å². The minimum atomic E-state index is 0.311. The van der Waals surface area contributed by atoms with Gasteiger partial charge in [-0.25, -0.2) is 0 Å². The van der Waals surface area contributed by atoms with E-state index in [1.807, 2.05) is 0 Å². The Balaban J connectivity index is 1.24. The van der Waals surface area contributed by atoms with Crippen LogP contribution in [0.2, 0.25) is 0 Å². The van der Waals surface area contributed by atoms with Crippen molar-refractivity contribution in [2.45, 2.75) is 118 Å². The van der Waals surface area contributed by atoms with E-state index < -0.39 is 0 Å². The lowest BCUT2D eigenvalue weighted by molar-refractivity contribution is -0.0660. The number of hydrogen-bond acceptors (Lipinski definition) is 1. The molecule has 0 aromatic heterocycles. The van der Waals surface area contributed by atoms with E-state index in [4.69, 9.17) is 4.74 Å². The van der Waals surface area contributed by atoms with Crippen molar-refractivity contribution in [3.05, 3.63) is 47.5 Å². The molecule has 1 aromatic rings. The number of ether oxygens (including phenoxy) is 1. The van der Waals surface area contributed by atoms with Crippen molar-refractivity contribution >= 4 is 0 Å². The first-order valence-corrected chi connectivity index (χ1v) is 15.2. The van der Waals surface area contributed by atoms with Gasteiger partial charge in [-0.3, -0.25) is 0 Å². The Morgan fingerprint density at radius 2 is 1.69 bits per heavy atom. The Morgan fingerprint density at radius 1 is 0.886 bits per heavy atom. The quantitative estimate of drug-likeness (QED) is 0.339. The summed E-state index contributed by atoms with van der Waals surface area (Å²) >= 11 is 0. The average molecular weight is 477 g/mol. The van der Waals surface area contributed by atoms with Crippen LogP contribution in [0.1, 0.15) is 111 Å². The second-order valence-electron chi connectivity index (χ2n) is 13.9. The Labute approximate surface area is 216 Å². The molecule has 0 aliphatic heterocycles. The zero-order valence-electron chi connectivity index (χ0n) is 23.4. The van der Waals surface area contributed by atoms with Crippen LogP contribution in [-0.4, -0.2) is 6.10 Å². The highest BCUT2D eigenvalue weighted by atomic mass is 16.5. The summed E-state index contributed by atoms with van der Waals surface area (Å²) in [6.45, 7) is 13.5. The lowest BCUT2D eigenvalue weighted by atomic mass is 9.46. The monoisotopic (exact) mass is 476 g/mol. The summed E-state index contributed by atoms with van der Waals surface area (Å²) in [7, 11) is 0. The van der Waals surface area contributed by atoms with Crippen LogP contribution in [0.3, 0.4) is 0 Å². The van der Waals surface area contributed by atoms with Crippen molar-refractivity contribution in [1.29, 1.82) is 0 Å². The van der Waals surface area contributed by atoms with Gasteiger partial charge in [0.1, 0.15) is 0 Å². The van der Waals surface area contributed by atoms with Crippen LogP contribution in [0.5, 0.6) is 0 Å². The smallest absolute Gasteiger partial charge is 0.0763 e. The zero-order valence-corrected chi connectivity index (χ0v) is 23.4. The molecule has 3 saturated carbocycles. The van der Waals surface area contributed by atoms with Gasteiger partial charge in [-0.2, -0.15) is 0 Å². The van der Waals surface area contributed by atoms with Gasteiger partial charge in [0.15, 0.2) is 0 Å². The standard InChI is InChI=1S/C34H52O/c1-24(2)10-9-11-25(3)30-16-17-31-29-15-14-27-22-28(35-23-26-12-7-6-8-13-26)18-20-33(27,4)32(29)19-21-34(30,31)5/h6-8,12-13,22,24-25,28-32H,9-11,14-21,23H2,1-5H3/t25-,28+,29+,30-,31+,32+,33+,34-/m1/s1. The lowest BCUT2D eigenvalue weighted by Crippen LogP contribution is -2.51. The van der Waals surface area contributed by atoms with E-state index in [1.165, 1.54) is 76.2 Å². The Hall–Kier alpha value is -1.08. The molecule has 4 aliphatic carbocycles. The number of hydrogen-bond donors (Lipinski definition) is 0. The van der Waals surface area contributed by atoms with E-state index in [9.17, 15) is 0 Å². The van der Waals surface area contributed by atoms with Crippen molar-refractivity contribution in [3.8, 4) is 0 Å². The van der Waals surface area contributed by atoms with E-state index in [1.54, 1.807) is 5.57 Å². The fourth-order valence-corrected chi connectivity index (χ4v) is 9.63. The van der Waals surface area contributed by atoms with Crippen LogP contribution in [0.4, 0.5) is 0 Å². The molecule has 3 fully saturated rings. The van der Waals surface area contributed by atoms with E-state index >= 15 is 0 Å². The molecule has 8 atom stereocenters. The van der Waals surface area contributed by atoms with Gasteiger partial charge in [0.25, 0.3) is 0 Å². The highest BCUT2D eigenvalue weighted by molar-refractivity contribution is 5.26. The van der Waals surface area contributed by atoms with Gasteiger partial charge in [-0.05, 0) is 103 Å². The van der Waals surface area contributed by atoms with E-state index in [-0.39, 0.29) is 0 Å². The van der Waals surface area contributed by atoms with E-state index in [0.717, 1.165) is 42.1 Å². The fraction of sp³-hybridized carbons (Fsp3) is 0.765. The molecule has 0 spiro atoms. The van der Waals surface area contributed by atoms with E-state index in [2.05, 4.69) is 71.0 Å². The predicted molar refractivity (Wildman–Crippen MR) is 148 cm³/mol. The molecule has 194 valence electrons. The number of rotatable bonds is 8. The normalized spacial score (nSPS) is 39.5. The first-order valence-electron chi connectivity index (χ1n) is 15.2. The van der Waals surface area contributed by atoms with Gasteiger partial charge < -0.3 is 4.74 Å². The molecule has 4 aliphatic rings. The van der Waals surface area contributed by atoms with Gasteiger partial charge in [0.05, 0.1) is 12.7 Å². The molecule has 0 amide bonds. The Morgan fingerprint density at radius 3 is 2.46 bits per heavy atom. The second-order valence-corrected chi connectivity index (χ2v) is 13.9. The van der Waals surface area contributed by atoms with Crippen LogP contribution in [0.15, 0.2) is 42.0 Å². The molecular weight excluding hydrogens is 424 g/mol. The molecule has 0 unspecified atom stereocenters. The molecule has 0 heterocycles. The molecule has 1 aromatic carbocycles. The molecule has 1 heteroatoms. The third kappa shape index (κ3) is 4.93. The molecular formula is C34H52O. The first-order chi connectivity index (χ1) is 16.8. The molecule has 0 N–H and O–H groups in total. The van der Waals surface area contributed by atoms with Gasteiger partial charge in [0, 0.05) is 0 Å². The van der Waals surface area contributed by atoms with Gasteiger partial charge in [-0.1, -0.05) is 95.9 Å². The molecule has 0 saturated heterocycles. The number of benzene rings is 1. The topological polar surface area (TPSA) is 9.23 Å². The van der Waals surface area contributed by atoms with Crippen LogP contribution >= 0.6 is 0 Å². The van der Waals surface area contributed by atoms with Gasteiger partial charge in [-0.15, -0.1) is 0 Å². The predicted octanol–water partition coefficient (Wildman–Crippen LogP) is 9.61. The average Bonchev–Trinajstić information content (AvgIpc) is 3.20. The summed E-state index contributed by atoms with van der Waals surface area (Å²) in [5.41, 5.74) is 4.08. The maximum Gasteiger partial charge on any atom is 0.0763 e. The number of fused-ring (bicyclic) bond motifs is 5. The molecule has 0 bridgehead atoms. The van der Waals surface area contributed by atoms with Crippen molar-refractivity contribution in [2.24, 2.45) is 46.3 Å². The van der Waals surface area contributed by atoms with Crippen LogP contribution in [0, 0.1) is 46.3 Å². The highest BCUT2D eigenvalue weighted by Crippen LogP contribution is 2.67. The molecule has 5 rings (SSSR count). The summed E-state index contributed by atoms with van der Waals surface area (Å²) in [6.07, 6.45) is 18.4. The summed E-state index contributed by atoms with van der Waals surface area (Å²) in [4.78, 5) is 0. The summed E-state index contributed by atoms with van der Waals surface area (Å²) in [5.74, 6) is 5.58. The largest absolute Gasteiger partial charge is 0.369 e. The Bertz CT molecular complexity index is 870. The third-order valence-electron chi connectivity index (χ3n) is 11.6. The van der Waals surface area contributed by atoms with Crippen LogP contribution in [-0.2, 0) is 11.3 Å². The Kier molecular flexibility index (Phi) is 7.56. The molecule has 35 heavy (non-hydrogen) atoms. The maximum atomic E-state index is 6.40. The molecule has 1 nitrogen and oxygen atoms in total. The first kappa shape index (κ1) is 25.6. The van der Waals surface area contributed by atoms with Crippen LogP contribution in [0.25, 0.3) is 0 Å². The number of allylic oxidation sites excluding steroid dienone is 1. The summed E-state index contributed by atoms with van der Waals surface area (Å²) < 4.78 is 6.40. The lowest BCUT2D eigenvalue weighted by Gasteiger charge is -2.59. The zero-order chi connectivity index (χ0) is 24.6. The third-order valence-corrected chi connectivity index (χ3v) is 11.6. The van der Waals surface area contributed by atoms with Crippen molar-refractivity contribution < 1.29 is 4.74 Å². The van der Waals surface area contributed by atoms with Crippen LogP contribution < -0.4 is 0 Å². The molecule has 0 radical (unpaired) electrons. The second kappa shape index (κ2) is 10.4. The summed E-state index contributed by atoms with van der Waals surface area (Å²) in [5, 5.41) is 0. The highest BCUT2D eigenvalue weighted by Gasteiger charge is 2.59.